The number of aryl methyl sites for hydroxylation is 1. The van der Waals surface area contributed by atoms with E-state index in [4.69, 9.17) is 0 Å². The molecule has 0 aliphatic rings. The van der Waals surface area contributed by atoms with Crippen molar-refractivity contribution in [2.45, 2.75) is 37.6 Å². The molecule has 2 rings (SSSR count). The zero-order valence-electron chi connectivity index (χ0n) is 15.3. The van der Waals surface area contributed by atoms with Crippen LogP contribution in [0.2, 0.25) is 0 Å². The fourth-order valence-electron chi connectivity index (χ4n) is 2.73. The summed E-state index contributed by atoms with van der Waals surface area (Å²) in [6.45, 7) is 3.41. The van der Waals surface area contributed by atoms with Gasteiger partial charge in [0.05, 0.1) is 4.90 Å². The first-order valence-corrected chi connectivity index (χ1v) is 10.3. The van der Waals surface area contributed by atoms with E-state index < -0.39 is 10.0 Å². The van der Waals surface area contributed by atoms with Crippen molar-refractivity contribution in [3.63, 3.8) is 0 Å². The minimum Gasteiger partial charge on any atom is -0.338 e. The van der Waals surface area contributed by atoms with Gasteiger partial charge in [0.1, 0.15) is 0 Å². The van der Waals surface area contributed by atoms with E-state index in [-0.39, 0.29) is 10.8 Å². The van der Waals surface area contributed by atoms with Crippen molar-refractivity contribution in [1.82, 2.24) is 9.62 Å². The zero-order chi connectivity index (χ0) is 19.0. The molecule has 0 spiro atoms. The SMILES string of the molecule is CCCN(Cc1ccccc1)C(=O)CCc1ccc(S(=O)(=O)NC)cc1. The predicted octanol–water partition coefficient (Wildman–Crippen LogP) is 2.97. The van der Waals surface area contributed by atoms with Crippen molar-refractivity contribution < 1.29 is 13.2 Å². The summed E-state index contributed by atoms with van der Waals surface area (Å²) in [5, 5.41) is 0. The van der Waals surface area contributed by atoms with Crippen LogP contribution in [-0.4, -0.2) is 32.8 Å². The Morgan fingerprint density at radius 2 is 1.65 bits per heavy atom. The highest BCUT2D eigenvalue weighted by atomic mass is 32.2. The fraction of sp³-hybridized carbons (Fsp3) is 0.350. The molecule has 5 nitrogen and oxygen atoms in total. The van der Waals surface area contributed by atoms with Gasteiger partial charge in [-0.1, -0.05) is 49.4 Å². The van der Waals surface area contributed by atoms with Crippen LogP contribution in [0.25, 0.3) is 0 Å². The van der Waals surface area contributed by atoms with Crippen LogP contribution in [0, 0.1) is 0 Å². The molecule has 0 atom stereocenters. The Kier molecular flexibility index (Phi) is 7.36. The number of carbonyl (C=O) groups is 1. The topological polar surface area (TPSA) is 66.5 Å². The Morgan fingerprint density at radius 3 is 2.23 bits per heavy atom. The van der Waals surface area contributed by atoms with E-state index in [0.29, 0.717) is 19.4 Å². The lowest BCUT2D eigenvalue weighted by atomic mass is 10.1. The van der Waals surface area contributed by atoms with E-state index in [0.717, 1.165) is 24.1 Å². The highest BCUT2D eigenvalue weighted by Crippen LogP contribution is 2.13. The normalized spacial score (nSPS) is 11.3. The molecule has 0 bridgehead atoms. The van der Waals surface area contributed by atoms with Gasteiger partial charge in [-0.3, -0.25) is 4.79 Å². The van der Waals surface area contributed by atoms with Crippen LogP contribution in [0.1, 0.15) is 30.9 Å². The average Bonchev–Trinajstić information content (AvgIpc) is 2.67. The monoisotopic (exact) mass is 374 g/mol. The zero-order valence-corrected chi connectivity index (χ0v) is 16.1. The molecule has 0 saturated carbocycles. The second-order valence-electron chi connectivity index (χ2n) is 6.15. The second-order valence-corrected chi connectivity index (χ2v) is 8.04. The number of benzene rings is 2. The van der Waals surface area contributed by atoms with E-state index in [1.807, 2.05) is 35.2 Å². The van der Waals surface area contributed by atoms with Crippen LogP contribution in [0.15, 0.2) is 59.5 Å². The summed E-state index contributed by atoms with van der Waals surface area (Å²) in [4.78, 5) is 14.7. The summed E-state index contributed by atoms with van der Waals surface area (Å²) < 4.78 is 25.8. The quantitative estimate of drug-likeness (QED) is 0.734. The van der Waals surface area contributed by atoms with Gasteiger partial charge in [0.2, 0.25) is 15.9 Å². The number of rotatable bonds is 9. The molecule has 0 aliphatic carbocycles. The highest BCUT2D eigenvalue weighted by Gasteiger charge is 2.14. The molecule has 140 valence electrons. The van der Waals surface area contributed by atoms with Crippen LogP contribution in [0.4, 0.5) is 0 Å². The van der Waals surface area contributed by atoms with E-state index in [1.165, 1.54) is 7.05 Å². The summed E-state index contributed by atoms with van der Waals surface area (Å²) in [6.07, 6.45) is 1.91. The summed E-state index contributed by atoms with van der Waals surface area (Å²) in [5.74, 6) is 0.114. The minimum absolute atomic E-state index is 0.114. The van der Waals surface area contributed by atoms with Crippen molar-refractivity contribution in [2.75, 3.05) is 13.6 Å². The minimum atomic E-state index is -3.43. The van der Waals surface area contributed by atoms with Gasteiger partial charge in [0.25, 0.3) is 0 Å². The maximum atomic E-state index is 12.6. The molecule has 0 saturated heterocycles. The lowest BCUT2D eigenvalue weighted by Gasteiger charge is -2.22. The molecule has 2 aromatic carbocycles. The van der Waals surface area contributed by atoms with Crippen molar-refractivity contribution in [2.24, 2.45) is 0 Å². The van der Waals surface area contributed by atoms with Crippen LogP contribution >= 0.6 is 0 Å². The molecule has 0 aromatic heterocycles. The van der Waals surface area contributed by atoms with Gasteiger partial charge >= 0.3 is 0 Å². The van der Waals surface area contributed by atoms with Crippen molar-refractivity contribution in [3.05, 3.63) is 65.7 Å². The largest absolute Gasteiger partial charge is 0.338 e. The maximum Gasteiger partial charge on any atom is 0.240 e. The van der Waals surface area contributed by atoms with Crippen molar-refractivity contribution >= 4 is 15.9 Å². The third-order valence-electron chi connectivity index (χ3n) is 4.19. The molecule has 2 aromatic rings. The first-order valence-electron chi connectivity index (χ1n) is 8.80. The summed E-state index contributed by atoms with van der Waals surface area (Å²) in [7, 11) is -2.04. The highest BCUT2D eigenvalue weighted by molar-refractivity contribution is 7.89. The number of amides is 1. The van der Waals surface area contributed by atoms with Gasteiger partial charge in [-0.05, 0) is 43.1 Å². The smallest absolute Gasteiger partial charge is 0.240 e. The van der Waals surface area contributed by atoms with Gasteiger partial charge in [0.15, 0.2) is 0 Å². The Balaban J connectivity index is 1.97. The van der Waals surface area contributed by atoms with Gasteiger partial charge in [0, 0.05) is 19.5 Å². The lowest BCUT2D eigenvalue weighted by molar-refractivity contribution is -0.131. The Labute approximate surface area is 156 Å². The summed E-state index contributed by atoms with van der Waals surface area (Å²) >= 11 is 0. The van der Waals surface area contributed by atoms with Gasteiger partial charge in [-0.15, -0.1) is 0 Å². The molecule has 6 heteroatoms. The number of hydrogen-bond acceptors (Lipinski definition) is 3. The number of sulfonamides is 1. The number of nitrogens with one attached hydrogen (secondary N) is 1. The first-order chi connectivity index (χ1) is 12.5. The molecule has 1 amide bonds. The molecule has 0 fully saturated rings. The molecular weight excluding hydrogens is 348 g/mol. The molecule has 0 radical (unpaired) electrons. The fourth-order valence-corrected chi connectivity index (χ4v) is 3.46. The van der Waals surface area contributed by atoms with Crippen LogP contribution < -0.4 is 4.72 Å². The number of hydrogen-bond donors (Lipinski definition) is 1. The predicted molar refractivity (Wildman–Crippen MR) is 103 cm³/mol. The molecule has 0 unspecified atom stereocenters. The van der Waals surface area contributed by atoms with E-state index >= 15 is 0 Å². The van der Waals surface area contributed by atoms with Crippen LogP contribution in [-0.2, 0) is 27.8 Å². The Bertz CT molecular complexity index is 803. The van der Waals surface area contributed by atoms with Gasteiger partial charge in [-0.2, -0.15) is 0 Å². The molecule has 26 heavy (non-hydrogen) atoms. The molecule has 0 aliphatic heterocycles. The lowest BCUT2D eigenvalue weighted by Crippen LogP contribution is -2.31. The van der Waals surface area contributed by atoms with Gasteiger partial charge < -0.3 is 4.90 Å². The maximum absolute atomic E-state index is 12.6. The van der Waals surface area contributed by atoms with Crippen molar-refractivity contribution in [3.8, 4) is 0 Å². The standard InChI is InChI=1S/C20H26N2O3S/c1-3-15-22(16-18-7-5-4-6-8-18)20(23)14-11-17-9-12-19(13-10-17)26(24,25)21-2/h4-10,12-13,21H,3,11,14-16H2,1-2H3. The summed E-state index contributed by atoms with van der Waals surface area (Å²) in [5.41, 5.74) is 2.07. The second kappa shape index (κ2) is 9.50. The Hall–Kier alpha value is -2.18. The third-order valence-corrected chi connectivity index (χ3v) is 5.62. The van der Waals surface area contributed by atoms with E-state index in [9.17, 15) is 13.2 Å². The van der Waals surface area contributed by atoms with Gasteiger partial charge in [-0.25, -0.2) is 13.1 Å². The number of carbonyl (C=O) groups excluding carboxylic acids is 1. The molecule has 0 heterocycles. The van der Waals surface area contributed by atoms with E-state index in [2.05, 4.69) is 11.6 Å². The van der Waals surface area contributed by atoms with Crippen LogP contribution in [0.5, 0.6) is 0 Å². The molecular formula is C20H26N2O3S. The molecule has 1 N–H and O–H groups in total. The number of nitrogens with zero attached hydrogens (tertiary/aromatic N) is 1. The van der Waals surface area contributed by atoms with Crippen LogP contribution in [0.3, 0.4) is 0 Å². The van der Waals surface area contributed by atoms with E-state index in [1.54, 1.807) is 24.3 Å². The third kappa shape index (κ3) is 5.68. The average molecular weight is 375 g/mol. The van der Waals surface area contributed by atoms with Crippen molar-refractivity contribution in [1.29, 1.82) is 0 Å². The first kappa shape index (κ1) is 20.1. The summed E-state index contributed by atoms with van der Waals surface area (Å²) in [6, 6.07) is 16.6. The Morgan fingerprint density at radius 1 is 1.00 bits per heavy atom.